The van der Waals surface area contributed by atoms with Crippen LogP contribution in [0.2, 0.25) is 0 Å². The molecule has 0 fully saturated rings. The molecule has 1 rings (SSSR count). The van der Waals surface area contributed by atoms with Gasteiger partial charge in [0.25, 0.3) is 0 Å². The Morgan fingerprint density at radius 1 is 1.44 bits per heavy atom. The van der Waals surface area contributed by atoms with Crippen LogP contribution in [0.25, 0.3) is 0 Å². The van der Waals surface area contributed by atoms with E-state index in [-0.39, 0.29) is 12.5 Å². The molecule has 1 aromatic heterocycles. The van der Waals surface area contributed by atoms with Crippen LogP contribution in [0.4, 0.5) is 5.69 Å². The number of pyridine rings is 1. The molecule has 0 saturated heterocycles. The van der Waals surface area contributed by atoms with E-state index >= 15 is 0 Å². The van der Waals surface area contributed by atoms with Gasteiger partial charge in [-0.3, -0.25) is 4.79 Å². The summed E-state index contributed by atoms with van der Waals surface area (Å²) < 4.78 is 10.1. The molecule has 0 aliphatic heterocycles. The van der Waals surface area contributed by atoms with Crippen LogP contribution in [0, 0.1) is 0 Å². The molecule has 1 aromatic rings. The fourth-order valence-electron chi connectivity index (χ4n) is 1.23. The van der Waals surface area contributed by atoms with Gasteiger partial charge in [-0.05, 0) is 12.5 Å². The third kappa shape index (κ3) is 5.60. The van der Waals surface area contributed by atoms with Gasteiger partial charge in [0.15, 0.2) is 0 Å². The Morgan fingerprint density at radius 3 is 2.89 bits per heavy atom. The lowest BCUT2D eigenvalue weighted by Crippen LogP contribution is -2.12. The minimum Gasteiger partial charge on any atom is -0.475 e. The number of hydrogen-bond donors (Lipinski definition) is 2. The zero-order valence-electron chi connectivity index (χ0n) is 10.4. The number of nitrogens with one attached hydrogen (secondary N) is 1. The van der Waals surface area contributed by atoms with E-state index in [1.807, 2.05) is 0 Å². The second-order valence-electron chi connectivity index (χ2n) is 3.60. The van der Waals surface area contributed by atoms with Crippen molar-refractivity contribution in [3.05, 3.63) is 18.3 Å². The molecule has 100 valence electrons. The molecule has 0 aliphatic carbocycles. The van der Waals surface area contributed by atoms with Gasteiger partial charge < -0.3 is 19.9 Å². The summed E-state index contributed by atoms with van der Waals surface area (Å²) in [6, 6.07) is 3.39. The number of aromatic nitrogens is 1. The highest BCUT2D eigenvalue weighted by Crippen LogP contribution is 2.11. The highest BCUT2D eigenvalue weighted by Gasteiger charge is 2.02. The summed E-state index contributed by atoms with van der Waals surface area (Å²) in [4.78, 5) is 15.4. The minimum atomic E-state index is -0.140. The van der Waals surface area contributed by atoms with E-state index in [0.717, 1.165) is 0 Å². The van der Waals surface area contributed by atoms with Gasteiger partial charge in [0.1, 0.15) is 6.61 Å². The number of methoxy groups -OCH3 is 1. The molecule has 6 nitrogen and oxygen atoms in total. The number of anilines is 1. The maximum absolute atomic E-state index is 11.4. The quantitative estimate of drug-likeness (QED) is 0.671. The number of aliphatic hydroxyl groups excluding tert-OH is 1. The molecule has 0 unspecified atom stereocenters. The Hall–Kier alpha value is -1.66. The maximum atomic E-state index is 11.4. The number of hydrogen-bond acceptors (Lipinski definition) is 5. The van der Waals surface area contributed by atoms with Crippen molar-refractivity contribution >= 4 is 11.6 Å². The third-order valence-electron chi connectivity index (χ3n) is 2.12. The Balaban J connectivity index is 2.37. The number of ether oxygens (including phenoxy) is 2. The molecule has 0 radical (unpaired) electrons. The summed E-state index contributed by atoms with van der Waals surface area (Å²) in [5.41, 5.74) is 0.608. The largest absolute Gasteiger partial charge is 0.475 e. The van der Waals surface area contributed by atoms with Crippen molar-refractivity contribution < 1.29 is 19.4 Å². The summed E-state index contributed by atoms with van der Waals surface area (Å²) in [5.74, 6) is 0.347. The van der Waals surface area contributed by atoms with Gasteiger partial charge in [0, 0.05) is 26.2 Å². The molecule has 1 heterocycles. The van der Waals surface area contributed by atoms with E-state index in [0.29, 0.717) is 37.6 Å². The minimum absolute atomic E-state index is 0.0119. The van der Waals surface area contributed by atoms with Crippen molar-refractivity contribution in [2.24, 2.45) is 0 Å². The van der Waals surface area contributed by atoms with Gasteiger partial charge in [0.2, 0.25) is 11.8 Å². The van der Waals surface area contributed by atoms with E-state index in [9.17, 15) is 4.79 Å². The first-order valence-corrected chi connectivity index (χ1v) is 5.74. The third-order valence-corrected chi connectivity index (χ3v) is 2.12. The lowest BCUT2D eigenvalue weighted by atomic mass is 10.3. The van der Waals surface area contributed by atoms with Crippen LogP contribution >= 0.6 is 0 Å². The molecule has 0 bridgehead atoms. The molecular formula is C12H18N2O4. The number of nitrogens with zero attached hydrogens (tertiary/aromatic N) is 1. The number of carbonyl (C=O) groups excluding carboxylic acids is 1. The molecule has 0 atom stereocenters. The fourth-order valence-corrected chi connectivity index (χ4v) is 1.23. The van der Waals surface area contributed by atoms with Crippen LogP contribution in [-0.2, 0) is 9.53 Å². The zero-order chi connectivity index (χ0) is 13.2. The lowest BCUT2D eigenvalue weighted by molar-refractivity contribution is -0.116. The van der Waals surface area contributed by atoms with Gasteiger partial charge >= 0.3 is 0 Å². The van der Waals surface area contributed by atoms with Gasteiger partial charge in [-0.15, -0.1) is 0 Å². The standard InChI is InChI=1S/C12H18N2O4/c1-17-7-8-18-12-5-4-10(9-13-12)14-11(16)3-2-6-15/h4-5,9,15H,2-3,6-8H2,1H3,(H,14,16). The van der Waals surface area contributed by atoms with Gasteiger partial charge in [-0.2, -0.15) is 0 Å². The van der Waals surface area contributed by atoms with Gasteiger partial charge in [0.05, 0.1) is 18.5 Å². The number of rotatable bonds is 8. The van der Waals surface area contributed by atoms with Gasteiger partial charge in [-0.1, -0.05) is 0 Å². The first kappa shape index (κ1) is 14.4. The molecule has 0 spiro atoms. The van der Waals surface area contributed by atoms with Crippen LogP contribution in [0.1, 0.15) is 12.8 Å². The van der Waals surface area contributed by atoms with Crippen LogP contribution in [0.3, 0.4) is 0 Å². The van der Waals surface area contributed by atoms with Crippen molar-refractivity contribution in [2.75, 3.05) is 32.2 Å². The molecule has 1 amide bonds. The SMILES string of the molecule is COCCOc1ccc(NC(=O)CCCO)cn1. The van der Waals surface area contributed by atoms with E-state index in [4.69, 9.17) is 14.6 Å². The topological polar surface area (TPSA) is 80.7 Å². The van der Waals surface area contributed by atoms with Crippen molar-refractivity contribution in [1.29, 1.82) is 0 Å². The van der Waals surface area contributed by atoms with Gasteiger partial charge in [-0.25, -0.2) is 4.98 Å². The maximum Gasteiger partial charge on any atom is 0.224 e. The summed E-state index contributed by atoms with van der Waals surface area (Å²) in [7, 11) is 1.60. The second kappa shape index (κ2) is 8.43. The average Bonchev–Trinajstić information content (AvgIpc) is 2.39. The molecule has 0 aromatic carbocycles. The van der Waals surface area contributed by atoms with Crippen molar-refractivity contribution in [3.63, 3.8) is 0 Å². The van der Waals surface area contributed by atoms with E-state index in [1.165, 1.54) is 6.20 Å². The number of amides is 1. The molecule has 2 N–H and O–H groups in total. The predicted octanol–water partition coefficient (Wildman–Crippen LogP) is 0.818. The first-order valence-electron chi connectivity index (χ1n) is 5.74. The van der Waals surface area contributed by atoms with Crippen LogP contribution in [0.5, 0.6) is 5.88 Å². The average molecular weight is 254 g/mol. The normalized spacial score (nSPS) is 10.1. The Labute approximate surface area is 106 Å². The summed E-state index contributed by atoms with van der Waals surface area (Å²) in [6.45, 7) is 0.949. The molecule has 6 heteroatoms. The highest BCUT2D eigenvalue weighted by atomic mass is 16.5. The van der Waals surface area contributed by atoms with E-state index < -0.39 is 0 Å². The molecule has 0 saturated carbocycles. The number of aliphatic hydroxyl groups is 1. The van der Waals surface area contributed by atoms with Crippen molar-refractivity contribution in [2.45, 2.75) is 12.8 Å². The van der Waals surface area contributed by atoms with E-state index in [1.54, 1.807) is 19.2 Å². The second-order valence-corrected chi connectivity index (χ2v) is 3.60. The Morgan fingerprint density at radius 2 is 2.28 bits per heavy atom. The first-order chi connectivity index (χ1) is 8.76. The Bertz CT molecular complexity index is 354. The van der Waals surface area contributed by atoms with Crippen LogP contribution in [0.15, 0.2) is 18.3 Å². The monoisotopic (exact) mass is 254 g/mol. The number of carbonyl (C=O) groups is 1. The van der Waals surface area contributed by atoms with Crippen LogP contribution in [-0.4, -0.2) is 42.9 Å². The molecule has 0 aliphatic rings. The lowest BCUT2D eigenvalue weighted by Gasteiger charge is -2.06. The summed E-state index contributed by atoms with van der Waals surface area (Å²) in [6.07, 6.45) is 2.28. The fraction of sp³-hybridized carbons (Fsp3) is 0.500. The molecular weight excluding hydrogens is 236 g/mol. The Kier molecular flexibility index (Phi) is 6.75. The highest BCUT2D eigenvalue weighted by molar-refractivity contribution is 5.90. The predicted molar refractivity (Wildman–Crippen MR) is 66.6 cm³/mol. The smallest absolute Gasteiger partial charge is 0.224 e. The van der Waals surface area contributed by atoms with Crippen LogP contribution < -0.4 is 10.1 Å². The summed E-state index contributed by atoms with van der Waals surface area (Å²) >= 11 is 0. The van der Waals surface area contributed by atoms with Crippen molar-refractivity contribution in [3.8, 4) is 5.88 Å². The van der Waals surface area contributed by atoms with E-state index in [2.05, 4.69) is 10.3 Å². The zero-order valence-corrected chi connectivity index (χ0v) is 10.4. The summed E-state index contributed by atoms with van der Waals surface area (Å²) in [5, 5.41) is 11.3. The van der Waals surface area contributed by atoms with Crippen molar-refractivity contribution in [1.82, 2.24) is 4.98 Å². The molecule has 18 heavy (non-hydrogen) atoms.